The summed E-state index contributed by atoms with van der Waals surface area (Å²) in [7, 11) is 0. The van der Waals surface area contributed by atoms with Gasteiger partial charge in [-0.1, -0.05) is 43.7 Å². The normalized spacial score (nSPS) is 28.9. The average molecular weight is 300 g/mol. The number of hydrogen-bond acceptors (Lipinski definition) is 2. The molecule has 2 heterocycles. The fourth-order valence-electron chi connectivity index (χ4n) is 4.52. The molecule has 0 radical (unpaired) electrons. The molecular weight excluding hydrogens is 268 g/mol. The Hall–Kier alpha value is -0.860. The van der Waals surface area contributed by atoms with Gasteiger partial charge in [0.05, 0.1) is 0 Å². The van der Waals surface area contributed by atoms with Crippen LogP contribution in [-0.2, 0) is 6.54 Å². The van der Waals surface area contributed by atoms with E-state index in [1.165, 1.54) is 56.6 Å². The van der Waals surface area contributed by atoms with Crippen molar-refractivity contribution in [3.63, 3.8) is 0 Å². The van der Waals surface area contributed by atoms with Crippen molar-refractivity contribution >= 4 is 0 Å². The van der Waals surface area contributed by atoms with Gasteiger partial charge in [0.15, 0.2) is 0 Å². The van der Waals surface area contributed by atoms with Crippen LogP contribution >= 0.6 is 0 Å². The minimum Gasteiger partial charge on any atom is -0.300 e. The smallest absolute Gasteiger partial charge is 0.0233 e. The molecular formula is C20H32N2. The van der Waals surface area contributed by atoms with E-state index in [9.17, 15) is 0 Å². The molecule has 2 heteroatoms. The van der Waals surface area contributed by atoms with E-state index >= 15 is 0 Å². The van der Waals surface area contributed by atoms with Gasteiger partial charge in [0.2, 0.25) is 0 Å². The molecule has 0 spiro atoms. The summed E-state index contributed by atoms with van der Waals surface area (Å²) in [5.41, 5.74) is 2.85. The van der Waals surface area contributed by atoms with Gasteiger partial charge in [-0.15, -0.1) is 0 Å². The molecule has 2 atom stereocenters. The highest BCUT2D eigenvalue weighted by molar-refractivity contribution is 5.22. The average Bonchev–Trinajstić information content (AvgIpc) is 2.47. The van der Waals surface area contributed by atoms with Crippen LogP contribution < -0.4 is 0 Å². The maximum absolute atomic E-state index is 2.79. The first kappa shape index (κ1) is 16.0. The predicted molar refractivity (Wildman–Crippen MR) is 94.0 cm³/mol. The third-order valence-corrected chi connectivity index (χ3v) is 5.46. The zero-order valence-corrected chi connectivity index (χ0v) is 14.6. The van der Waals surface area contributed by atoms with Gasteiger partial charge in [-0.05, 0) is 56.7 Å². The van der Waals surface area contributed by atoms with Gasteiger partial charge in [-0.2, -0.15) is 0 Å². The quantitative estimate of drug-likeness (QED) is 0.834. The standard InChI is InChI=1S/C20H32N2/c1-16-5-4-6-19(12-16)15-21-9-7-20(8-10-21)22-13-17(2)11-18(3)14-22/h4-6,12,17-18,20H,7-11,13-15H2,1-3H3. The molecule has 2 saturated heterocycles. The highest BCUT2D eigenvalue weighted by atomic mass is 15.2. The molecule has 2 nitrogen and oxygen atoms in total. The van der Waals surface area contributed by atoms with Crippen molar-refractivity contribution in [3.05, 3.63) is 35.4 Å². The van der Waals surface area contributed by atoms with Crippen molar-refractivity contribution in [2.75, 3.05) is 26.2 Å². The minimum atomic E-state index is 0.832. The predicted octanol–water partition coefficient (Wildman–Crippen LogP) is 3.94. The molecule has 0 bridgehead atoms. The van der Waals surface area contributed by atoms with E-state index in [0.717, 1.165) is 24.4 Å². The van der Waals surface area contributed by atoms with Gasteiger partial charge >= 0.3 is 0 Å². The Morgan fingerprint density at radius 2 is 1.73 bits per heavy atom. The molecule has 2 aliphatic rings. The number of benzene rings is 1. The zero-order chi connectivity index (χ0) is 15.5. The van der Waals surface area contributed by atoms with Crippen molar-refractivity contribution in [1.82, 2.24) is 9.80 Å². The van der Waals surface area contributed by atoms with E-state index in [4.69, 9.17) is 0 Å². The van der Waals surface area contributed by atoms with Gasteiger partial charge in [-0.3, -0.25) is 9.80 Å². The van der Waals surface area contributed by atoms with E-state index in [-0.39, 0.29) is 0 Å². The molecule has 1 aromatic rings. The highest BCUT2D eigenvalue weighted by Crippen LogP contribution is 2.27. The van der Waals surface area contributed by atoms with Crippen molar-refractivity contribution in [3.8, 4) is 0 Å². The summed E-state index contributed by atoms with van der Waals surface area (Å²) in [6.45, 7) is 13.3. The lowest BCUT2D eigenvalue weighted by Crippen LogP contribution is -2.49. The monoisotopic (exact) mass is 300 g/mol. The van der Waals surface area contributed by atoms with Crippen LogP contribution in [0.4, 0.5) is 0 Å². The highest BCUT2D eigenvalue weighted by Gasteiger charge is 2.29. The van der Waals surface area contributed by atoms with E-state index in [1.807, 2.05) is 0 Å². The van der Waals surface area contributed by atoms with E-state index in [0.29, 0.717) is 0 Å². The zero-order valence-electron chi connectivity index (χ0n) is 14.6. The first-order valence-electron chi connectivity index (χ1n) is 9.12. The van der Waals surface area contributed by atoms with Crippen molar-refractivity contribution in [1.29, 1.82) is 0 Å². The van der Waals surface area contributed by atoms with E-state index in [1.54, 1.807) is 0 Å². The topological polar surface area (TPSA) is 6.48 Å². The van der Waals surface area contributed by atoms with Gasteiger partial charge in [-0.25, -0.2) is 0 Å². The second-order valence-corrected chi connectivity index (χ2v) is 7.90. The molecule has 122 valence electrons. The third kappa shape index (κ3) is 4.11. The molecule has 0 saturated carbocycles. The summed E-state index contributed by atoms with van der Waals surface area (Å²) >= 11 is 0. The lowest BCUT2D eigenvalue weighted by Gasteiger charge is -2.43. The first-order chi connectivity index (χ1) is 10.6. The Morgan fingerprint density at radius 1 is 1.05 bits per heavy atom. The Kier molecular flexibility index (Phi) is 5.20. The summed E-state index contributed by atoms with van der Waals surface area (Å²) in [5, 5.41) is 0. The lowest BCUT2D eigenvalue weighted by atomic mass is 9.89. The molecule has 0 N–H and O–H groups in total. The second-order valence-electron chi connectivity index (χ2n) is 7.90. The molecule has 2 fully saturated rings. The summed E-state index contributed by atoms with van der Waals surface area (Å²) in [5.74, 6) is 1.77. The number of likely N-dealkylation sites (tertiary alicyclic amines) is 2. The van der Waals surface area contributed by atoms with Crippen molar-refractivity contribution < 1.29 is 0 Å². The maximum atomic E-state index is 2.79. The van der Waals surface area contributed by atoms with Crippen LogP contribution in [0.15, 0.2) is 24.3 Å². The van der Waals surface area contributed by atoms with Crippen molar-refractivity contribution in [2.24, 2.45) is 11.8 Å². The van der Waals surface area contributed by atoms with Gasteiger partial charge in [0, 0.05) is 25.7 Å². The van der Waals surface area contributed by atoms with Crippen LogP contribution in [0, 0.1) is 18.8 Å². The molecule has 0 amide bonds. The van der Waals surface area contributed by atoms with Crippen molar-refractivity contribution in [2.45, 2.75) is 52.6 Å². The second kappa shape index (κ2) is 7.14. The maximum Gasteiger partial charge on any atom is 0.0233 e. The Bertz CT molecular complexity index is 466. The number of nitrogens with zero attached hydrogens (tertiary/aromatic N) is 2. The Balaban J connectivity index is 1.50. The third-order valence-electron chi connectivity index (χ3n) is 5.46. The molecule has 0 aromatic heterocycles. The van der Waals surface area contributed by atoms with E-state index in [2.05, 4.69) is 54.8 Å². The number of piperidine rings is 2. The van der Waals surface area contributed by atoms with Crippen LogP contribution in [0.3, 0.4) is 0 Å². The first-order valence-corrected chi connectivity index (χ1v) is 9.12. The largest absolute Gasteiger partial charge is 0.300 e. The van der Waals surface area contributed by atoms with Crippen LogP contribution in [-0.4, -0.2) is 42.0 Å². The molecule has 22 heavy (non-hydrogen) atoms. The number of aryl methyl sites for hydroxylation is 1. The fourth-order valence-corrected chi connectivity index (χ4v) is 4.52. The summed E-state index contributed by atoms with van der Waals surface area (Å²) in [6.07, 6.45) is 4.12. The Labute approximate surface area is 136 Å². The molecule has 2 unspecified atom stereocenters. The summed E-state index contributed by atoms with van der Waals surface area (Å²) < 4.78 is 0. The van der Waals surface area contributed by atoms with Gasteiger partial charge < -0.3 is 0 Å². The molecule has 0 aliphatic carbocycles. The minimum absolute atomic E-state index is 0.832. The summed E-state index contributed by atoms with van der Waals surface area (Å²) in [6, 6.07) is 9.81. The number of rotatable bonds is 3. The SMILES string of the molecule is Cc1cccc(CN2CCC(N3CC(C)CC(C)C3)CC2)c1. The van der Waals surface area contributed by atoms with Gasteiger partial charge in [0.25, 0.3) is 0 Å². The van der Waals surface area contributed by atoms with Crippen LogP contribution in [0.5, 0.6) is 0 Å². The lowest BCUT2D eigenvalue weighted by molar-refractivity contribution is 0.0530. The molecule has 2 aliphatic heterocycles. The van der Waals surface area contributed by atoms with Gasteiger partial charge in [0.1, 0.15) is 0 Å². The van der Waals surface area contributed by atoms with Crippen LogP contribution in [0.1, 0.15) is 44.2 Å². The molecule has 3 rings (SSSR count). The molecule has 1 aromatic carbocycles. The fraction of sp³-hybridized carbons (Fsp3) is 0.700. The van der Waals surface area contributed by atoms with E-state index < -0.39 is 0 Å². The van der Waals surface area contributed by atoms with Crippen LogP contribution in [0.25, 0.3) is 0 Å². The Morgan fingerprint density at radius 3 is 2.36 bits per heavy atom. The van der Waals surface area contributed by atoms with Crippen LogP contribution in [0.2, 0.25) is 0 Å². The number of hydrogen-bond donors (Lipinski definition) is 0. The summed E-state index contributed by atoms with van der Waals surface area (Å²) in [4.78, 5) is 5.44.